The molecule has 1 aromatic carbocycles. The molecule has 7 heteroatoms. The third-order valence-corrected chi connectivity index (χ3v) is 3.66. The number of hydrogen-bond acceptors (Lipinski definition) is 4. The van der Waals surface area contributed by atoms with Crippen LogP contribution in [-0.4, -0.2) is 35.3 Å². The maximum absolute atomic E-state index is 14.4. The van der Waals surface area contributed by atoms with Gasteiger partial charge in [-0.05, 0) is 33.8 Å². The summed E-state index contributed by atoms with van der Waals surface area (Å²) >= 11 is 0. The van der Waals surface area contributed by atoms with Gasteiger partial charge in [0.25, 0.3) is 11.7 Å². The predicted octanol–water partition coefficient (Wildman–Crippen LogP) is 3.01. The Morgan fingerprint density at radius 2 is 1.88 bits per heavy atom. The van der Waals surface area contributed by atoms with E-state index in [2.05, 4.69) is 10.3 Å². The van der Waals surface area contributed by atoms with E-state index in [0.29, 0.717) is 5.69 Å². The van der Waals surface area contributed by atoms with Gasteiger partial charge >= 0.3 is 5.97 Å². The van der Waals surface area contributed by atoms with Gasteiger partial charge in [0.1, 0.15) is 11.5 Å². The Morgan fingerprint density at radius 3 is 2.46 bits per heavy atom. The molecule has 1 aromatic heterocycles. The number of ketones is 1. The largest absolute Gasteiger partial charge is 0.462 e. The summed E-state index contributed by atoms with van der Waals surface area (Å²) in [6.07, 6.45) is 0. The van der Waals surface area contributed by atoms with Crippen LogP contribution < -0.4 is 5.32 Å². The number of hydrogen-bond donors (Lipinski definition) is 2. The Kier molecular flexibility index (Phi) is 5.92. The number of carbonyl (C=O) groups excluding carboxylic acids is 3. The molecule has 0 unspecified atom stereocenters. The number of aromatic amines is 1. The van der Waals surface area contributed by atoms with Crippen LogP contribution >= 0.6 is 0 Å². The minimum absolute atomic E-state index is 0.0305. The maximum Gasteiger partial charge on any atom is 0.340 e. The number of aromatic nitrogens is 1. The summed E-state index contributed by atoms with van der Waals surface area (Å²) in [5.41, 5.74) is 0.289. The number of carbonyl (C=O) groups is 3. The molecule has 2 N–H and O–H groups in total. The number of benzene rings is 1. The van der Waals surface area contributed by atoms with Crippen molar-refractivity contribution in [1.29, 1.82) is 0 Å². The number of H-pyrrole nitrogens is 1. The van der Waals surface area contributed by atoms with Crippen molar-refractivity contribution in [2.24, 2.45) is 0 Å². The second-order valence-corrected chi connectivity index (χ2v) is 6.03. The van der Waals surface area contributed by atoms with E-state index in [1.54, 1.807) is 33.8 Å². The third-order valence-electron chi connectivity index (χ3n) is 3.66. The summed E-state index contributed by atoms with van der Waals surface area (Å²) in [5, 5.41) is 2.50. The zero-order chi connectivity index (χ0) is 19.4. The molecule has 0 radical (unpaired) electrons. The lowest BCUT2D eigenvalue weighted by Gasteiger charge is -2.10. The predicted molar refractivity (Wildman–Crippen MR) is 94.5 cm³/mol. The molecule has 6 nitrogen and oxygen atoms in total. The van der Waals surface area contributed by atoms with Gasteiger partial charge in [-0.3, -0.25) is 9.59 Å². The fourth-order valence-corrected chi connectivity index (χ4v) is 2.63. The summed E-state index contributed by atoms with van der Waals surface area (Å²) in [5.74, 6) is -3.02. The Balaban J connectivity index is 2.68. The van der Waals surface area contributed by atoms with Gasteiger partial charge in [0.05, 0.1) is 12.2 Å². The fraction of sp³-hybridized carbons (Fsp3) is 0.316. The van der Waals surface area contributed by atoms with Crippen LogP contribution in [0.15, 0.2) is 24.3 Å². The van der Waals surface area contributed by atoms with Crippen molar-refractivity contribution >= 4 is 17.7 Å². The number of halogens is 1. The zero-order valence-electron chi connectivity index (χ0n) is 15.1. The fourth-order valence-electron chi connectivity index (χ4n) is 2.63. The summed E-state index contributed by atoms with van der Waals surface area (Å²) in [6.45, 7) is 6.76. The molecule has 0 saturated heterocycles. The number of nitrogens with one attached hydrogen (secondary N) is 2. The van der Waals surface area contributed by atoms with Gasteiger partial charge in [0, 0.05) is 22.9 Å². The topological polar surface area (TPSA) is 88.3 Å². The zero-order valence-corrected chi connectivity index (χ0v) is 15.1. The number of Topliss-reactive ketones (excluding diaryl/α,β-unsaturated/α-hetero) is 1. The van der Waals surface area contributed by atoms with Crippen LogP contribution in [0, 0.1) is 12.7 Å². The normalized spacial score (nSPS) is 10.7. The van der Waals surface area contributed by atoms with Crippen molar-refractivity contribution in [3.63, 3.8) is 0 Å². The quantitative estimate of drug-likeness (QED) is 0.471. The highest BCUT2D eigenvalue weighted by atomic mass is 19.1. The lowest BCUT2D eigenvalue weighted by molar-refractivity contribution is -0.117. The van der Waals surface area contributed by atoms with Gasteiger partial charge in [-0.2, -0.15) is 0 Å². The van der Waals surface area contributed by atoms with E-state index in [-0.39, 0.29) is 35.0 Å². The van der Waals surface area contributed by atoms with Crippen LogP contribution in [-0.2, 0) is 9.53 Å². The first-order valence-corrected chi connectivity index (χ1v) is 8.27. The van der Waals surface area contributed by atoms with Crippen molar-refractivity contribution < 1.29 is 23.5 Å². The molecule has 0 spiro atoms. The molecule has 0 fully saturated rings. The molecule has 0 bridgehead atoms. The molecular formula is C19H21FN2O4. The smallest absolute Gasteiger partial charge is 0.340 e. The molecule has 2 rings (SSSR count). The van der Waals surface area contributed by atoms with Crippen molar-refractivity contribution in [1.82, 2.24) is 10.3 Å². The van der Waals surface area contributed by atoms with E-state index in [4.69, 9.17) is 4.74 Å². The number of amides is 1. The highest BCUT2D eigenvalue weighted by Gasteiger charge is 2.31. The van der Waals surface area contributed by atoms with E-state index in [1.807, 2.05) is 0 Å². The number of ether oxygens (including phenoxy) is 1. The molecule has 0 aliphatic carbocycles. The average Bonchev–Trinajstić information content (AvgIpc) is 2.91. The number of rotatable bonds is 6. The van der Waals surface area contributed by atoms with Gasteiger partial charge < -0.3 is 15.0 Å². The highest BCUT2D eigenvalue weighted by Crippen LogP contribution is 2.33. The number of aryl methyl sites for hydroxylation is 1. The van der Waals surface area contributed by atoms with E-state index in [0.717, 1.165) is 0 Å². The Hall–Kier alpha value is -2.96. The average molecular weight is 360 g/mol. The monoisotopic (exact) mass is 360 g/mol. The van der Waals surface area contributed by atoms with E-state index in [9.17, 15) is 18.8 Å². The molecular weight excluding hydrogens is 339 g/mol. The van der Waals surface area contributed by atoms with Crippen LogP contribution in [0.4, 0.5) is 4.39 Å². The lowest BCUT2D eigenvalue weighted by atomic mass is 9.97. The van der Waals surface area contributed by atoms with E-state index in [1.165, 1.54) is 18.2 Å². The molecule has 2 aromatic rings. The Morgan fingerprint density at radius 1 is 1.23 bits per heavy atom. The highest BCUT2D eigenvalue weighted by molar-refractivity contribution is 6.44. The van der Waals surface area contributed by atoms with Crippen molar-refractivity contribution in [2.75, 3.05) is 6.61 Å². The van der Waals surface area contributed by atoms with Gasteiger partial charge in [0.15, 0.2) is 0 Å². The first-order valence-electron chi connectivity index (χ1n) is 8.27. The van der Waals surface area contributed by atoms with Crippen molar-refractivity contribution in [2.45, 2.75) is 33.7 Å². The van der Waals surface area contributed by atoms with Gasteiger partial charge in [-0.15, -0.1) is 0 Å². The SMILES string of the molecule is CCOC(=O)c1c(C)[nH]c(C(=O)C(=O)NC(C)C)c1-c1ccccc1F. The Bertz CT molecular complexity index is 855. The summed E-state index contributed by atoms with van der Waals surface area (Å²) in [7, 11) is 0. The van der Waals surface area contributed by atoms with Crippen molar-refractivity contribution in [3.05, 3.63) is 47.0 Å². The second-order valence-electron chi connectivity index (χ2n) is 6.03. The molecule has 0 saturated carbocycles. The molecule has 0 atom stereocenters. The van der Waals surface area contributed by atoms with Crippen LogP contribution in [0.25, 0.3) is 11.1 Å². The first kappa shape index (κ1) is 19.4. The summed E-state index contributed by atoms with van der Waals surface area (Å²) in [4.78, 5) is 39.9. The Labute approximate surface area is 150 Å². The molecule has 138 valence electrons. The van der Waals surface area contributed by atoms with Gasteiger partial charge in [-0.1, -0.05) is 18.2 Å². The molecule has 0 aliphatic heterocycles. The molecule has 1 amide bonds. The maximum atomic E-state index is 14.4. The second kappa shape index (κ2) is 7.95. The van der Waals surface area contributed by atoms with Crippen molar-refractivity contribution in [3.8, 4) is 11.1 Å². The van der Waals surface area contributed by atoms with E-state index >= 15 is 0 Å². The first-order chi connectivity index (χ1) is 12.3. The lowest BCUT2D eigenvalue weighted by Crippen LogP contribution is -2.36. The minimum Gasteiger partial charge on any atom is -0.462 e. The van der Waals surface area contributed by atoms with Crippen LogP contribution in [0.2, 0.25) is 0 Å². The van der Waals surface area contributed by atoms with Crippen LogP contribution in [0.5, 0.6) is 0 Å². The summed E-state index contributed by atoms with van der Waals surface area (Å²) < 4.78 is 19.4. The number of esters is 1. The molecule has 26 heavy (non-hydrogen) atoms. The van der Waals surface area contributed by atoms with Gasteiger partial charge in [0.2, 0.25) is 0 Å². The van der Waals surface area contributed by atoms with Crippen LogP contribution in [0.1, 0.15) is 47.3 Å². The van der Waals surface area contributed by atoms with E-state index < -0.39 is 23.5 Å². The minimum atomic E-state index is -0.879. The molecule has 1 heterocycles. The van der Waals surface area contributed by atoms with Crippen LogP contribution in [0.3, 0.4) is 0 Å². The molecule has 0 aliphatic rings. The standard InChI is InChI=1S/C19H21FN2O4/c1-5-26-19(25)14-11(4)22-16(17(23)18(24)21-10(2)3)15(14)12-8-6-7-9-13(12)20/h6-10,22H,5H2,1-4H3,(H,21,24). The van der Waals surface area contributed by atoms with Gasteiger partial charge in [-0.25, -0.2) is 9.18 Å². The third kappa shape index (κ3) is 3.82. The summed E-state index contributed by atoms with van der Waals surface area (Å²) in [6, 6.07) is 5.49.